The van der Waals surface area contributed by atoms with Gasteiger partial charge in [0.05, 0.1) is 11.9 Å². The summed E-state index contributed by atoms with van der Waals surface area (Å²) in [7, 11) is 3.72. The number of nitrogens with zero attached hydrogens (tertiary/aromatic N) is 5. The Morgan fingerprint density at radius 2 is 2.04 bits per heavy atom. The van der Waals surface area contributed by atoms with Crippen molar-refractivity contribution in [3.05, 3.63) is 16.8 Å². The molecule has 0 saturated carbocycles. The van der Waals surface area contributed by atoms with Crippen LogP contribution in [0.2, 0.25) is 0 Å². The van der Waals surface area contributed by atoms with Crippen LogP contribution in [0.15, 0.2) is 6.33 Å². The number of carbonyl (C=O) groups excluding carboxylic acids is 1. The molecule has 0 atom stereocenters. The average Bonchev–Trinajstić information content (AvgIpc) is 3.00. The van der Waals surface area contributed by atoms with Gasteiger partial charge < -0.3 is 19.4 Å². The summed E-state index contributed by atoms with van der Waals surface area (Å²) < 4.78 is 4.99. The second kappa shape index (κ2) is 6.86. The van der Waals surface area contributed by atoms with Crippen molar-refractivity contribution < 1.29 is 9.53 Å². The molecule has 0 radical (unpaired) electrons. The van der Waals surface area contributed by atoms with Crippen LogP contribution in [0.5, 0.6) is 0 Å². The number of fused-ring (bicyclic) bond motifs is 3. The Hall–Kier alpha value is -1.77. The Labute approximate surface area is 151 Å². The van der Waals surface area contributed by atoms with Crippen LogP contribution in [-0.2, 0) is 22.5 Å². The van der Waals surface area contributed by atoms with Crippen molar-refractivity contribution in [2.24, 2.45) is 0 Å². The van der Waals surface area contributed by atoms with Gasteiger partial charge in [0.1, 0.15) is 23.6 Å². The molecule has 7 nitrogen and oxygen atoms in total. The minimum absolute atomic E-state index is 0.0518. The van der Waals surface area contributed by atoms with Crippen molar-refractivity contribution >= 4 is 33.3 Å². The zero-order valence-electron chi connectivity index (χ0n) is 14.7. The van der Waals surface area contributed by atoms with Crippen LogP contribution in [0.4, 0.5) is 5.82 Å². The van der Waals surface area contributed by atoms with E-state index < -0.39 is 0 Å². The zero-order chi connectivity index (χ0) is 17.4. The summed E-state index contributed by atoms with van der Waals surface area (Å²) in [4.78, 5) is 30.1. The number of thiophene rings is 1. The molecule has 0 aliphatic carbocycles. The summed E-state index contributed by atoms with van der Waals surface area (Å²) in [5, 5.41) is 1.20. The molecule has 4 rings (SSSR count). The van der Waals surface area contributed by atoms with Crippen LogP contribution in [0.1, 0.15) is 10.4 Å². The normalized spacial score (nSPS) is 18.6. The van der Waals surface area contributed by atoms with Gasteiger partial charge in [-0.2, -0.15) is 0 Å². The molecule has 1 saturated heterocycles. The first-order valence-electron chi connectivity index (χ1n) is 8.63. The number of hydrogen-bond donors (Lipinski definition) is 0. The van der Waals surface area contributed by atoms with Gasteiger partial charge in [0.2, 0.25) is 5.91 Å². The number of ether oxygens (including phenoxy) is 1. The number of amides is 1. The predicted octanol–water partition coefficient (Wildman–Crippen LogP) is 0.974. The van der Waals surface area contributed by atoms with E-state index in [0.29, 0.717) is 6.54 Å². The lowest BCUT2D eigenvalue weighted by Crippen LogP contribution is -2.45. The van der Waals surface area contributed by atoms with Gasteiger partial charge in [0.15, 0.2) is 0 Å². The smallest absolute Gasteiger partial charge is 0.248 e. The Morgan fingerprint density at radius 3 is 2.80 bits per heavy atom. The number of rotatable bonds is 3. The first-order chi connectivity index (χ1) is 12.2. The largest absolute Gasteiger partial charge is 0.375 e. The quantitative estimate of drug-likeness (QED) is 0.812. The third-order valence-corrected chi connectivity index (χ3v) is 6.17. The van der Waals surface area contributed by atoms with Gasteiger partial charge in [-0.3, -0.25) is 4.79 Å². The van der Waals surface area contributed by atoms with Gasteiger partial charge in [-0.25, -0.2) is 9.97 Å². The summed E-state index contributed by atoms with van der Waals surface area (Å²) in [6.07, 6.45) is 2.53. The molecular weight excluding hydrogens is 338 g/mol. The minimum Gasteiger partial charge on any atom is -0.375 e. The van der Waals surface area contributed by atoms with Gasteiger partial charge in [-0.05, 0) is 19.0 Å². The minimum atomic E-state index is 0.0518. The van der Waals surface area contributed by atoms with E-state index in [1.54, 1.807) is 24.8 Å². The maximum absolute atomic E-state index is 12.1. The van der Waals surface area contributed by atoms with Gasteiger partial charge >= 0.3 is 0 Å². The molecule has 8 heteroatoms. The van der Waals surface area contributed by atoms with Gasteiger partial charge in [0.25, 0.3) is 0 Å². The lowest BCUT2D eigenvalue weighted by Gasteiger charge is -2.34. The van der Waals surface area contributed by atoms with E-state index in [1.165, 1.54) is 15.8 Å². The first kappa shape index (κ1) is 16.7. The van der Waals surface area contributed by atoms with E-state index in [0.717, 1.165) is 49.8 Å². The Kier molecular flexibility index (Phi) is 4.58. The predicted molar refractivity (Wildman–Crippen MR) is 98.1 cm³/mol. The fourth-order valence-electron chi connectivity index (χ4n) is 3.60. The highest BCUT2D eigenvalue weighted by atomic mass is 32.1. The fourth-order valence-corrected chi connectivity index (χ4v) is 4.79. The van der Waals surface area contributed by atoms with Crippen LogP contribution in [0.25, 0.3) is 10.2 Å². The lowest BCUT2D eigenvalue weighted by atomic mass is 10.0. The van der Waals surface area contributed by atoms with Gasteiger partial charge in [-0.15, -0.1) is 11.3 Å². The van der Waals surface area contributed by atoms with Crippen LogP contribution in [0.3, 0.4) is 0 Å². The molecule has 1 amide bonds. The molecule has 2 aliphatic heterocycles. The van der Waals surface area contributed by atoms with Gasteiger partial charge in [0, 0.05) is 44.7 Å². The molecule has 0 bridgehead atoms. The number of aromatic nitrogens is 2. The summed E-state index contributed by atoms with van der Waals surface area (Å²) in [6, 6.07) is 0. The average molecular weight is 361 g/mol. The number of hydrogen-bond acceptors (Lipinski definition) is 7. The van der Waals surface area contributed by atoms with E-state index in [9.17, 15) is 4.79 Å². The molecule has 0 N–H and O–H groups in total. The second-order valence-electron chi connectivity index (χ2n) is 6.67. The molecule has 0 unspecified atom stereocenters. The standard InChI is InChI=1S/C17H23N5O2S/c1-20-5-7-21(8-6-20)16-15-12-3-4-22(14(23)10-24-2)9-13(12)25-17(15)19-11-18-16/h11H,3-10H2,1-2H3. The third kappa shape index (κ3) is 3.09. The van der Waals surface area contributed by atoms with E-state index in [1.807, 2.05) is 4.90 Å². The van der Waals surface area contributed by atoms with E-state index >= 15 is 0 Å². The van der Waals surface area contributed by atoms with Crippen LogP contribution in [0, 0.1) is 0 Å². The molecule has 4 heterocycles. The van der Waals surface area contributed by atoms with Crippen LogP contribution in [-0.4, -0.2) is 79.2 Å². The van der Waals surface area contributed by atoms with Crippen molar-refractivity contribution in [3.63, 3.8) is 0 Å². The molecular formula is C17H23N5O2S. The Morgan fingerprint density at radius 1 is 1.24 bits per heavy atom. The fraction of sp³-hybridized carbons (Fsp3) is 0.588. The molecule has 25 heavy (non-hydrogen) atoms. The number of carbonyl (C=O) groups is 1. The highest BCUT2D eigenvalue weighted by Gasteiger charge is 2.28. The summed E-state index contributed by atoms with van der Waals surface area (Å²) in [5.41, 5.74) is 1.33. The summed E-state index contributed by atoms with van der Waals surface area (Å²) in [5.74, 6) is 1.11. The van der Waals surface area contributed by atoms with E-state index in [4.69, 9.17) is 4.74 Å². The van der Waals surface area contributed by atoms with Gasteiger partial charge in [-0.1, -0.05) is 0 Å². The molecule has 134 valence electrons. The summed E-state index contributed by atoms with van der Waals surface area (Å²) >= 11 is 1.69. The van der Waals surface area contributed by atoms with Crippen molar-refractivity contribution in [2.75, 3.05) is 58.4 Å². The lowest BCUT2D eigenvalue weighted by molar-refractivity contribution is -0.136. The number of methoxy groups -OCH3 is 1. The molecule has 1 fully saturated rings. The highest BCUT2D eigenvalue weighted by molar-refractivity contribution is 7.19. The topological polar surface area (TPSA) is 61.8 Å². The monoisotopic (exact) mass is 361 g/mol. The maximum Gasteiger partial charge on any atom is 0.248 e. The molecule has 0 aromatic carbocycles. The van der Waals surface area contributed by atoms with E-state index in [-0.39, 0.29) is 12.5 Å². The zero-order valence-corrected chi connectivity index (χ0v) is 15.5. The van der Waals surface area contributed by atoms with Crippen molar-refractivity contribution in [1.29, 1.82) is 0 Å². The van der Waals surface area contributed by atoms with Crippen molar-refractivity contribution in [3.8, 4) is 0 Å². The first-order valence-corrected chi connectivity index (χ1v) is 9.44. The highest BCUT2D eigenvalue weighted by Crippen LogP contribution is 2.38. The second-order valence-corrected chi connectivity index (χ2v) is 7.75. The summed E-state index contributed by atoms with van der Waals surface area (Å²) in [6.45, 7) is 5.62. The van der Waals surface area contributed by atoms with Crippen molar-refractivity contribution in [2.45, 2.75) is 13.0 Å². The van der Waals surface area contributed by atoms with E-state index in [2.05, 4.69) is 26.8 Å². The Balaban J connectivity index is 1.66. The molecule has 0 spiro atoms. The van der Waals surface area contributed by atoms with Crippen molar-refractivity contribution in [1.82, 2.24) is 19.8 Å². The molecule has 2 aliphatic rings. The third-order valence-electron chi connectivity index (χ3n) is 5.04. The van der Waals surface area contributed by atoms with Crippen LogP contribution >= 0.6 is 11.3 Å². The number of likely N-dealkylation sites (N-methyl/N-ethyl adjacent to an activating group) is 1. The van der Waals surface area contributed by atoms with Crippen LogP contribution < -0.4 is 4.90 Å². The molecule has 2 aromatic heterocycles. The molecule has 2 aromatic rings. The maximum atomic E-state index is 12.1. The SMILES string of the molecule is COCC(=O)N1CCc2c(sc3ncnc(N4CCN(C)CC4)c23)C1. The Bertz CT molecular complexity index is 785. The number of piperazine rings is 1. The number of anilines is 1.